The average Bonchev–Trinajstić information content (AvgIpc) is 2.83. The fraction of sp³-hybridized carbons (Fsp3) is 0.500. The van der Waals surface area contributed by atoms with Crippen LogP contribution in [0.2, 0.25) is 5.02 Å². The van der Waals surface area contributed by atoms with Gasteiger partial charge in [0.05, 0.1) is 11.2 Å². The summed E-state index contributed by atoms with van der Waals surface area (Å²) in [6, 6.07) is 4.47. The number of hydrogen-bond acceptors (Lipinski definition) is 7. The molecule has 0 atom stereocenters. The molecule has 174 valence electrons. The lowest BCUT2D eigenvalue weighted by Crippen LogP contribution is -2.41. The molecule has 0 radical (unpaired) electrons. The van der Waals surface area contributed by atoms with Crippen molar-refractivity contribution in [3.8, 4) is 0 Å². The zero-order valence-corrected chi connectivity index (χ0v) is 19.6. The number of likely N-dealkylation sites (tertiary alicyclic amines) is 1. The number of piperidine rings is 2. The number of fused-ring (bicyclic) bond motifs is 1. The summed E-state index contributed by atoms with van der Waals surface area (Å²) in [6.07, 6.45) is 8.16. The maximum atomic E-state index is 13.5. The highest BCUT2D eigenvalue weighted by Crippen LogP contribution is 2.28. The third-order valence-electron chi connectivity index (χ3n) is 6.84. The Morgan fingerprint density at radius 3 is 2.61 bits per heavy atom. The topological polar surface area (TPSA) is 70.1 Å². The van der Waals surface area contributed by atoms with E-state index in [0.29, 0.717) is 28.5 Å². The van der Waals surface area contributed by atoms with Crippen LogP contribution >= 0.6 is 11.6 Å². The second-order valence-corrected chi connectivity index (χ2v) is 9.70. The van der Waals surface area contributed by atoms with E-state index in [0.717, 1.165) is 37.8 Å². The lowest BCUT2D eigenvalue weighted by molar-refractivity contribution is 0.156. The Labute approximate surface area is 198 Å². The average molecular weight is 470 g/mol. The van der Waals surface area contributed by atoms with Crippen molar-refractivity contribution < 1.29 is 4.39 Å². The summed E-state index contributed by atoms with van der Waals surface area (Å²) >= 11 is 5.92. The monoisotopic (exact) mass is 469 g/mol. The fourth-order valence-electron chi connectivity index (χ4n) is 4.72. The van der Waals surface area contributed by atoms with E-state index in [2.05, 4.69) is 37.0 Å². The van der Waals surface area contributed by atoms with Crippen LogP contribution in [0, 0.1) is 17.7 Å². The van der Waals surface area contributed by atoms with Gasteiger partial charge in [-0.25, -0.2) is 24.3 Å². The Morgan fingerprint density at radius 1 is 1.06 bits per heavy atom. The first-order valence-electron chi connectivity index (χ1n) is 11.7. The van der Waals surface area contributed by atoms with Gasteiger partial charge in [0.1, 0.15) is 23.2 Å². The summed E-state index contributed by atoms with van der Waals surface area (Å²) in [4.78, 5) is 22.9. The highest BCUT2D eigenvalue weighted by Gasteiger charge is 2.25. The molecule has 1 N–H and O–H groups in total. The first-order valence-corrected chi connectivity index (χ1v) is 12.1. The SMILES string of the molecule is CC1CCN(CC2CCN(c3ncc4ncnc(Nc5ccc(F)c(Cl)c5)c4n3)CC2)CC1. The predicted molar refractivity (Wildman–Crippen MR) is 130 cm³/mol. The molecule has 2 aromatic heterocycles. The van der Waals surface area contributed by atoms with Gasteiger partial charge in [-0.05, 0) is 68.8 Å². The molecule has 0 aliphatic carbocycles. The zero-order valence-electron chi connectivity index (χ0n) is 18.8. The van der Waals surface area contributed by atoms with Gasteiger partial charge in [0.15, 0.2) is 5.82 Å². The second-order valence-electron chi connectivity index (χ2n) is 9.29. The van der Waals surface area contributed by atoms with Crippen LogP contribution in [0.3, 0.4) is 0 Å². The lowest BCUT2D eigenvalue weighted by atomic mass is 9.93. The van der Waals surface area contributed by atoms with Crippen LogP contribution in [0.5, 0.6) is 0 Å². The smallest absolute Gasteiger partial charge is 0.226 e. The number of benzene rings is 1. The molecule has 4 heterocycles. The van der Waals surface area contributed by atoms with Crippen molar-refractivity contribution in [1.82, 2.24) is 24.8 Å². The molecule has 0 saturated carbocycles. The number of nitrogens with zero attached hydrogens (tertiary/aromatic N) is 6. The van der Waals surface area contributed by atoms with Crippen LogP contribution in [0.25, 0.3) is 11.0 Å². The summed E-state index contributed by atoms with van der Waals surface area (Å²) in [5, 5.41) is 3.24. The van der Waals surface area contributed by atoms with Crippen molar-refractivity contribution in [2.75, 3.05) is 42.9 Å². The normalized spacial score (nSPS) is 18.7. The molecule has 2 aliphatic heterocycles. The molecule has 1 aromatic carbocycles. The summed E-state index contributed by atoms with van der Waals surface area (Å²) in [7, 11) is 0. The molecule has 0 bridgehead atoms. The second kappa shape index (κ2) is 9.73. The Bertz CT molecular complexity index is 1110. The fourth-order valence-corrected chi connectivity index (χ4v) is 4.91. The molecular formula is C24H29ClFN7. The first kappa shape index (κ1) is 22.2. The van der Waals surface area contributed by atoms with Crippen molar-refractivity contribution in [3.63, 3.8) is 0 Å². The minimum Gasteiger partial charge on any atom is -0.341 e. The zero-order chi connectivity index (χ0) is 22.8. The van der Waals surface area contributed by atoms with E-state index in [9.17, 15) is 4.39 Å². The van der Waals surface area contributed by atoms with Gasteiger partial charge in [0, 0.05) is 25.3 Å². The van der Waals surface area contributed by atoms with E-state index < -0.39 is 5.82 Å². The number of rotatable bonds is 5. The van der Waals surface area contributed by atoms with Crippen LogP contribution in [0.4, 0.5) is 21.8 Å². The minimum atomic E-state index is -0.461. The molecule has 33 heavy (non-hydrogen) atoms. The van der Waals surface area contributed by atoms with Gasteiger partial charge < -0.3 is 15.1 Å². The molecule has 2 saturated heterocycles. The number of halogens is 2. The number of hydrogen-bond donors (Lipinski definition) is 1. The maximum absolute atomic E-state index is 13.5. The van der Waals surface area contributed by atoms with E-state index in [1.807, 2.05) is 0 Å². The largest absolute Gasteiger partial charge is 0.341 e. The molecule has 7 nitrogen and oxygen atoms in total. The highest BCUT2D eigenvalue weighted by molar-refractivity contribution is 6.31. The van der Waals surface area contributed by atoms with E-state index >= 15 is 0 Å². The van der Waals surface area contributed by atoms with Gasteiger partial charge in [-0.1, -0.05) is 18.5 Å². The summed E-state index contributed by atoms with van der Waals surface area (Å²) in [5.74, 6) is 2.39. The third-order valence-corrected chi connectivity index (χ3v) is 7.13. The van der Waals surface area contributed by atoms with Crippen LogP contribution in [-0.2, 0) is 0 Å². The molecule has 5 rings (SSSR count). The standard InChI is InChI=1S/C24H29ClFN7/c1-16-4-8-32(9-5-16)14-17-6-10-33(11-7-17)24-27-13-21-22(31-24)23(29-15-28-21)30-18-2-3-20(26)19(25)12-18/h2-3,12-13,15-17H,4-11,14H2,1H3,(H,28,29,30). The Morgan fingerprint density at radius 2 is 1.85 bits per heavy atom. The van der Waals surface area contributed by atoms with Gasteiger partial charge in [-0.2, -0.15) is 0 Å². The predicted octanol–water partition coefficient (Wildman–Crippen LogP) is 4.90. The summed E-state index contributed by atoms with van der Waals surface area (Å²) in [6.45, 7) is 7.95. The van der Waals surface area contributed by atoms with Crippen LogP contribution in [0.1, 0.15) is 32.6 Å². The number of nitrogens with one attached hydrogen (secondary N) is 1. The van der Waals surface area contributed by atoms with Gasteiger partial charge in [-0.15, -0.1) is 0 Å². The van der Waals surface area contributed by atoms with E-state index in [-0.39, 0.29) is 5.02 Å². The molecule has 0 spiro atoms. The van der Waals surface area contributed by atoms with Gasteiger partial charge in [-0.3, -0.25) is 0 Å². The summed E-state index contributed by atoms with van der Waals surface area (Å²) < 4.78 is 13.5. The molecule has 2 fully saturated rings. The third kappa shape index (κ3) is 5.17. The molecular weight excluding hydrogens is 441 g/mol. The molecule has 0 unspecified atom stereocenters. The molecule has 0 amide bonds. The number of anilines is 3. The van der Waals surface area contributed by atoms with Gasteiger partial charge in [0.25, 0.3) is 0 Å². The van der Waals surface area contributed by atoms with Crippen LogP contribution in [0.15, 0.2) is 30.7 Å². The Hall–Kier alpha value is -2.58. The summed E-state index contributed by atoms with van der Waals surface area (Å²) in [5.41, 5.74) is 1.92. The molecule has 3 aromatic rings. The minimum absolute atomic E-state index is 0.0515. The van der Waals surface area contributed by atoms with E-state index in [1.165, 1.54) is 50.9 Å². The lowest BCUT2D eigenvalue weighted by Gasteiger charge is -2.37. The van der Waals surface area contributed by atoms with Crippen molar-refractivity contribution in [1.29, 1.82) is 0 Å². The maximum Gasteiger partial charge on any atom is 0.226 e. The molecule has 9 heteroatoms. The first-order chi connectivity index (χ1) is 16.0. The van der Waals surface area contributed by atoms with Crippen molar-refractivity contribution in [2.45, 2.75) is 32.6 Å². The Kier molecular flexibility index (Phi) is 6.55. The van der Waals surface area contributed by atoms with E-state index in [1.54, 1.807) is 12.3 Å². The van der Waals surface area contributed by atoms with Gasteiger partial charge >= 0.3 is 0 Å². The highest BCUT2D eigenvalue weighted by atomic mass is 35.5. The Balaban J connectivity index is 1.27. The van der Waals surface area contributed by atoms with Crippen molar-refractivity contribution in [2.24, 2.45) is 11.8 Å². The van der Waals surface area contributed by atoms with Crippen molar-refractivity contribution >= 4 is 40.1 Å². The van der Waals surface area contributed by atoms with Crippen LogP contribution < -0.4 is 10.2 Å². The molecule has 2 aliphatic rings. The quantitative estimate of drug-likeness (QED) is 0.569. The van der Waals surface area contributed by atoms with E-state index in [4.69, 9.17) is 16.6 Å². The number of aromatic nitrogens is 4. The van der Waals surface area contributed by atoms with Gasteiger partial charge in [0.2, 0.25) is 5.95 Å². The van der Waals surface area contributed by atoms with Crippen LogP contribution in [-0.4, -0.2) is 57.6 Å². The van der Waals surface area contributed by atoms with Crippen molar-refractivity contribution in [3.05, 3.63) is 41.6 Å².